The Kier molecular flexibility index (Phi) is 12.6. The highest BCUT2D eigenvalue weighted by Gasteiger charge is 2.26. The zero-order valence-electron chi connectivity index (χ0n) is 13.7. The van der Waals surface area contributed by atoms with Gasteiger partial charge in [0.25, 0.3) is 0 Å². The number of halogens is 1. The molecule has 20 heavy (non-hydrogen) atoms. The van der Waals surface area contributed by atoms with Gasteiger partial charge in [0.2, 0.25) is 0 Å². The molecule has 0 rings (SSSR count). The van der Waals surface area contributed by atoms with Crippen molar-refractivity contribution in [1.82, 2.24) is 0 Å². The topological polar surface area (TPSA) is 26.3 Å². The molecular formula is C17H33BrO2. The number of unbranched alkanes of at least 4 members (excludes halogenated alkanes) is 8. The summed E-state index contributed by atoms with van der Waals surface area (Å²) in [6.07, 6.45) is 12.4. The molecule has 0 aromatic carbocycles. The molecule has 0 saturated heterocycles. The molecule has 0 atom stereocenters. The van der Waals surface area contributed by atoms with Gasteiger partial charge in [0.05, 0.1) is 12.0 Å². The molecule has 120 valence electrons. The van der Waals surface area contributed by atoms with Gasteiger partial charge < -0.3 is 4.74 Å². The van der Waals surface area contributed by atoms with E-state index in [4.69, 9.17) is 4.74 Å². The molecule has 0 heterocycles. The minimum Gasteiger partial charge on any atom is -0.465 e. The van der Waals surface area contributed by atoms with Crippen molar-refractivity contribution in [2.24, 2.45) is 5.41 Å². The molecule has 0 bridgehead atoms. The van der Waals surface area contributed by atoms with Crippen molar-refractivity contribution in [3.63, 3.8) is 0 Å². The lowest BCUT2D eigenvalue weighted by Gasteiger charge is -2.20. The van der Waals surface area contributed by atoms with E-state index in [1.807, 2.05) is 20.8 Å². The first-order valence-corrected chi connectivity index (χ1v) is 9.40. The highest BCUT2D eigenvalue weighted by atomic mass is 79.9. The number of esters is 1. The molecule has 3 heteroatoms. The van der Waals surface area contributed by atoms with Crippen LogP contribution >= 0.6 is 15.9 Å². The summed E-state index contributed by atoms with van der Waals surface area (Å²) in [4.78, 5) is 11.7. The first kappa shape index (κ1) is 19.9. The van der Waals surface area contributed by atoms with Crippen molar-refractivity contribution in [1.29, 1.82) is 0 Å². The number of alkyl halides is 1. The molecule has 0 aliphatic rings. The fraction of sp³-hybridized carbons (Fsp3) is 0.941. The Morgan fingerprint density at radius 3 is 1.80 bits per heavy atom. The third-order valence-electron chi connectivity index (χ3n) is 3.95. The number of rotatable bonds is 13. The lowest BCUT2D eigenvalue weighted by Crippen LogP contribution is -2.26. The maximum Gasteiger partial charge on any atom is 0.311 e. The fourth-order valence-electron chi connectivity index (χ4n) is 1.94. The molecular weight excluding hydrogens is 316 g/mol. The van der Waals surface area contributed by atoms with E-state index in [0.717, 1.165) is 18.2 Å². The van der Waals surface area contributed by atoms with Gasteiger partial charge in [-0.3, -0.25) is 4.79 Å². The number of ether oxygens (including phenoxy) is 1. The smallest absolute Gasteiger partial charge is 0.311 e. The molecule has 0 aliphatic carbocycles. The average molecular weight is 349 g/mol. The Morgan fingerprint density at radius 2 is 1.35 bits per heavy atom. The summed E-state index contributed by atoms with van der Waals surface area (Å²) in [5, 5.41) is 1.14. The van der Waals surface area contributed by atoms with Gasteiger partial charge in [-0.1, -0.05) is 67.8 Å². The van der Waals surface area contributed by atoms with Crippen LogP contribution in [0.5, 0.6) is 0 Å². The number of carbonyl (C=O) groups is 1. The van der Waals surface area contributed by atoms with Crippen LogP contribution in [0.15, 0.2) is 0 Å². The summed E-state index contributed by atoms with van der Waals surface area (Å²) < 4.78 is 5.33. The summed E-state index contributed by atoms with van der Waals surface area (Å²) in [6.45, 7) is 6.52. The summed E-state index contributed by atoms with van der Waals surface area (Å²) in [5.41, 5.74) is -0.324. The zero-order valence-corrected chi connectivity index (χ0v) is 15.3. The summed E-state index contributed by atoms with van der Waals surface area (Å²) in [5.74, 6) is -0.0493. The standard InChI is InChI=1S/C17H33BrO2/c1-4-17(2,3)16(19)20-15-13-11-9-7-5-6-8-10-12-14-18/h4-15H2,1-3H3. The lowest BCUT2D eigenvalue weighted by molar-refractivity contribution is -0.154. The molecule has 0 amide bonds. The molecule has 0 saturated carbocycles. The monoisotopic (exact) mass is 348 g/mol. The van der Waals surface area contributed by atoms with Gasteiger partial charge in [-0.2, -0.15) is 0 Å². The van der Waals surface area contributed by atoms with Crippen LogP contribution in [0.3, 0.4) is 0 Å². The molecule has 0 spiro atoms. The minimum absolute atomic E-state index is 0.0493. The highest BCUT2D eigenvalue weighted by molar-refractivity contribution is 9.09. The maximum atomic E-state index is 11.7. The van der Waals surface area contributed by atoms with Gasteiger partial charge >= 0.3 is 5.97 Å². The highest BCUT2D eigenvalue weighted by Crippen LogP contribution is 2.21. The van der Waals surface area contributed by atoms with Crippen LogP contribution in [-0.4, -0.2) is 17.9 Å². The van der Waals surface area contributed by atoms with Crippen LogP contribution in [0.1, 0.15) is 85.0 Å². The van der Waals surface area contributed by atoms with Gasteiger partial charge in [-0.15, -0.1) is 0 Å². The Labute approximate surface area is 134 Å². The van der Waals surface area contributed by atoms with Crippen molar-refractivity contribution in [2.45, 2.75) is 85.0 Å². The second kappa shape index (κ2) is 12.7. The van der Waals surface area contributed by atoms with Crippen molar-refractivity contribution in [2.75, 3.05) is 11.9 Å². The SMILES string of the molecule is CCC(C)(C)C(=O)OCCCCCCCCCCCBr. The average Bonchev–Trinajstić information content (AvgIpc) is 2.44. The van der Waals surface area contributed by atoms with E-state index in [0.29, 0.717) is 6.61 Å². The van der Waals surface area contributed by atoms with Crippen molar-refractivity contribution < 1.29 is 9.53 Å². The lowest BCUT2D eigenvalue weighted by atomic mass is 9.91. The van der Waals surface area contributed by atoms with E-state index < -0.39 is 0 Å². The van der Waals surface area contributed by atoms with Crippen LogP contribution in [0.25, 0.3) is 0 Å². The van der Waals surface area contributed by atoms with E-state index in [-0.39, 0.29) is 11.4 Å². The first-order chi connectivity index (χ1) is 9.54. The number of carbonyl (C=O) groups excluding carboxylic acids is 1. The van der Waals surface area contributed by atoms with Gasteiger partial charge in [-0.05, 0) is 33.1 Å². The molecule has 0 N–H and O–H groups in total. The Balaban J connectivity index is 3.27. The number of hydrogen-bond acceptors (Lipinski definition) is 2. The summed E-state index contributed by atoms with van der Waals surface area (Å²) in [6, 6.07) is 0. The van der Waals surface area contributed by atoms with Crippen LogP contribution in [0.4, 0.5) is 0 Å². The van der Waals surface area contributed by atoms with E-state index in [2.05, 4.69) is 15.9 Å². The molecule has 0 radical (unpaired) electrons. The Morgan fingerprint density at radius 1 is 0.900 bits per heavy atom. The fourth-order valence-corrected chi connectivity index (χ4v) is 2.34. The maximum absolute atomic E-state index is 11.7. The molecule has 0 fully saturated rings. The largest absolute Gasteiger partial charge is 0.465 e. The normalized spacial score (nSPS) is 11.6. The van der Waals surface area contributed by atoms with Crippen LogP contribution in [-0.2, 0) is 9.53 Å². The van der Waals surface area contributed by atoms with E-state index in [1.54, 1.807) is 0 Å². The number of hydrogen-bond donors (Lipinski definition) is 0. The quantitative estimate of drug-likeness (QED) is 0.236. The predicted molar refractivity (Wildman–Crippen MR) is 90.4 cm³/mol. The molecule has 0 unspecified atom stereocenters. The Bertz CT molecular complexity index is 239. The van der Waals surface area contributed by atoms with E-state index in [9.17, 15) is 4.79 Å². The second-order valence-electron chi connectivity index (χ2n) is 6.24. The van der Waals surface area contributed by atoms with E-state index in [1.165, 1.54) is 51.4 Å². The van der Waals surface area contributed by atoms with E-state index >= 15 is 0 Å². The van der Waals surface area contributed by atoms with Crippen molar-refractivity contribution in [3.8, 4) is 0 Å². The van der Waals surface area contributed by atoms with Gasteiger partial charge in [0, 0.05) is 5.33 Å². The van der Waals surface area contributed by atoms with Crippen molar-refractivity contribution in [3.05, 3.63) is 0 Å². The summed E-state index contributed by atoms with van der Waals surface area (Å²) in [7, 11) is 0. The van der Waals surface area contributed by atoms with Gasteiger partial charge in [0.15, 0.2) is 0 Å². The molecule has 2 nitrogen and oxygen atoms in total. The molecule has 0 aromatic heterocycles. The minimum atomic E-state index is -0.324. The first-order valence-electron chi connectivity index (χ1n) is 8.27. The van der Waals surface area contributed by atoms with Gasteiger partial charge in [-0.25, -0.2) is 0 Å². The Hall–Kier alpha value is -0.0500. The van der Waals surface area contributed by atoms with Crippen LogP contribution in [0.2, 0.25) is 0 Å². The van der Waals surface area contributed by atoms with Crippen molar-refractivity contribution >= 4 is 21.9 Å². The van der Waals surface area contributed by atoms with Gasteiger partial charge in [0.1, 0.15) is 0 Å². The predicted octanol–water partition coefficient (Wildman–Crippen LogP) is 5.87. The second-order valence-corrected chi connectivity index (χ2v) is 7.04. The zero-order chi connectivity index (χ0) is 15.3. The third kappa shape index (κ3) is 10.7. The molecule has 0 aromatic rings. The van der Waals surface area contributed by atoms with Crippen LogP contribution in [0, 0.1) is 5.41 Å². The molecule has 0 aliphatic heterocycles. The third-order valence-corrected chi connectivity index (χ3v) is 4.51. The summed E-state index contributed by atoms with van der Waals surface area (Å²) >= 11 is 3.46. The van der Waals surface area contributed by atoms with Crippen LogP contribution < -0.4 is 0 Å².